The summed E-state index contributed by atoms with van der Waals surface area (Å²) >= 11 is 5.94. The molecule has 106 valence electrons. The van der Waals surface area contributed by atoms with Crippen molar-refractivity contribution < 1.29 is 0 Å². The minimum Gasteiger partial charge on any atom is -0.307 e. The van der Waals surface area contributed by atoms with Gasteiger partial charge in [0.2, 0.25) is 0 Å². The minimum absolute atomic E-state index is 0.334. The van der Waals surface area contributed by atoms with Gasteiger partial charge in [0.15, 0.2) is 0 Å². The third-order valence-corrected chi connectivity index (χ3v) is 3.93. The van der Waals surface area contributed by atoms with E-state index < -0.39 is 0 Å². The van der Waals surface area contributed by atoms with Crippen LogP contribution in [0, 0.1) is 0 Å². The first-order valence-electron chi connectivity index (χ1n) is 7.24. The minimum atomic E-state index is 0.334. The van der Waals surface area contributed by atoms with Gasteiger partial charge >= 0.3 is 0 Å². The Bertz CT molecular complexity index is 507. The smallest absolute Gasteiger partial charge is 0.0406 e. The number of rotatable bonds is 6. The van der Waals surface area contributed by atoms with Gasteiger partial charge in [-0.15, -0.1) is 0 Å². The van der Waals surface area contributed by atoms with E-state index in [0.717, 1.165) is 17.9 Å². The highest BCUT2D eigenvalue weighted by atomic mass is 35.5. The molecule has 0 aliphatic carbocycles. The van der Waals surface area contributed by atoms with E-state index in [1.165, 1.54) is 11.1 Å². The second-order valence-electron chi connectivity index (χ2n) is 5.23. The average molecular weight is 288 g/mol. The van der Waals surface area contributed by atoms with Gasteiger partial charge in [0, 0.05) is 17.1 Å². The van der Waals surface area contributed by atoms with Gasteiger partial charge in [0.1, 0.15) is 0 Å². The molecule has 0 amide bonds. The van der Waals surface area contributed by atoms with E-state index in [4.69, 9.17) is 11.6 Å². The van der Waals surface area contributed by atoms with Crippen LogP contribution in [0.4, 0.5) is 0 Å². The molecule has 0 heterocycles. The molecule has 2 rings (SSSR count). The summed E-state index contributed by atoms with van der Waals surface area (Å²) in [5.41, 5.74) is 2.66. The predicted molar refractivity (Wildman–Crippen MR) is 87.2 cm³/mol. The Morgan fingerprint density at radius 2 is 1.65 bits per heavy atom. The van der Waals surface area contributed by atoms with Crippen LogP contribution < -0.4 is 5.32 Å². The molecule has 0 spiro atoms. The number of benzene rings is 2. The first kappa shape index (κ1) is 15.1. The first-order valence-corrected chi connectivity index (χ1v) is 7.62. The summed E-state index contributed by atoms with van der Waals surface area (Å²) in [6.07, 6.45) is 2.18. The topological polar surface area (TPSA) is 12.0 Å². The van der Waals surface area contributed by atoms with E-state index in [0.29, 0.717) is 12.1 Å². The molecule has 2 aromatic carbocycles. The molecule has 2 unspecified atom stereocenters. The highest BCUT2D eigenvalue weighted by molar-refractivity contribution is 6.30. The van der Waals surface area contributed by atoms with Gasteiger partial charge in [-0.2, -0.15) is 0 Å². The van der Waals surface area contributed by atoms with E-state index in [1.54, 1.807) is 0 Å². The van der Waals surface area contributed by atoms with Crippen molar-refractivity contribution in [3.05, 3.63) is 70.7 Å². The average Bonchev–Trinajstić information content (AvgIpc) is 2.48. The zero-order valence-corrected chi connectivity index (χ0v) is 12.9. The molecule has 2 aromatic rings. The lowest BCUT2D eigenvalue weighted by Crippen LogP contribution is -2.32. The summed E-state index contributed by atoms with van der Waals surface area (Å²) in [6.45, 7) is 4.44. The molecule has 0 fully saturated rings. The third-order valence-electron chi connectivity index (χ3n) is 3.67. The monoisotopic (exact) mass is 287 g/mol. The maximum atomic E-state index is 5.94. The number of hydrogen-bond acceptors (Lipinski definition) is 1. The van der Waals surface area contributed by atoms with Crippen LogP contribution in [0.15, 0.2) is 54.6 Å². The van der Waals surface area contributed by atoms with Crippen LogP contribution in [0.2, 0.25) is 5.02 Å². The Morgan fingerprint density at radius 1 is 1.00 bits per heavy atom. The number of nitrogens with one attached hydrogen (secondary N) is 1. The lowest BCUT2D eigenvalue weighted by Gasteiger charge is -2.23. The summed E-state index contributed by atoms with van der Waals surface area (Å²) in [5.74, 6) is 0. The summed E-state index contributed by atoms with van der Waals surface area (Å²) in [6, 6.07) is 19.6. The second-order valence-corrected chi connectivity index (χ2v) is 5.67. The molecule has 0 aromatic heterocycles. The van der Waals surface area contributed by atoms with Crippen molar-refractivity contribution in [3.8, 4) is 0 Å². The van der Waals surface area contributed by atoms with Gasteiger partial charge in [-0.25, -0.2) is 0 Å². The van der Waals surface area contributed by atoms with Crippen LogP contribution in [-0.2, 0) is 6.42 Å². The molecule has 20 heavy (non-hydrogen) atoms. The SMILES string of the molecule is CCC(Cc1ccccc1)NC(C)c1ccc(Cl)cc1. The third kappa shape index (κ3) is 4.36. The van der Waals surface area contributed by atoms with Crippen molar-refractivity contribution in [1.29, 1.82) is 0 Å². The van der Waals surface area contributed by atoms with Gasteiger partial charge in [0.05, 0.1) is 0 Å². The molecule has 0 radical (unpaired) electrons. The molecular weight excluding hydrogens is 266 g/mol. The molecule has 1 N–H and O–H groups in total. The first-order chi connectivity index (χ1) is 9.69. The standard InChI is InChI=1S/C18H22ClN/c1-3-18(13-15-7-5-4-6-8-15)20-14(2)16-9-11-17(19)12-10-16/h4-12,14,18,20H,3,13H2,1-2H3. The summed E-state index contributed by atoms with van der Waals surface area (Å²) < 4.78 is 0. The van der Waals surface area contributed by atoms with Crippen molar-refractivity contribution in [2.24, 2.45) is 0 Å². The van der Waals surface area contributed by atoms with E-state index in [-0.39, 0.29) is 0 Å². The molecule has 0 bridgehead atoms. The van der Waals surface area contributed by atoms with Crippen molar-refractivity contribution in [3.63, 3.8) is 0 Å². The van der Waals surface area contributed by atoms with Gasteiger partial charge in [0.25, 0.3) is 0 Å². The molecular formula is C18H22ClN. The fourth-order valence-corrected chi connectivity index (χ4v) is 2.55. The van der Waals surface area contributed by atoms with E-state index >= 15 is 0 Å². The lowest BCUT2D eigenvalue weighted by molar-refractivity contribution is 0.440. The maximum Gasteiger partial charge on any atom is 0.0406 e. The largest absolute Gasteiger partial charge is 0.307 e. The van der Waals surface area contributed by atoms with Crippen LogP contribution in [0.3, 0.4) is 0 Å². The molecule has 0 aliphatic rings. The highest BCUT2D eigenvalue weighted by Crippen LogP contribution is 2.18. The Hall–Kier alpha value is -1.31. The Kier molecular flexibility index (Phi) is 5.63. The van der Waals surface area contributed by atoms with Crippen molar-refractivity contribution >= 4 is 11.6 Å². The van der Waals surface area contributed by atoms with Crippen molar-refractivity contribution in [2.45, 2.75) is 38.8 Å². The molecule has 0 saturated carbocycles. The molecule has 2 atom stereocenters. The summed E-state index contributed by atoms with van der Waals surface area (Å²) in [4.78, 5) is 0. The van der Waals surface area contributed by atoms with E-state index in [9.17, 15) is 0 Å². The van der Waals surface area contributed by atoms with Crippen molar-refractivity contribution in [2.75, 3.05) is 0 Å². The van der Waals surface area contributed by atoms with Crippen molar-refractivity contribution in [1.82, 2.24) is 5.32 Å². The lowest BCUT2D eigenvalue weighted by atomic mass is 10.0. The quantitative estimate of drug-likeness (QED) is 0.787. The van der Waals surface area contributed by atoms with Gasteiger partial charge in [-0.3, -0.25) is 0 Å². The van der Waals surface area contributed by atoms with Crippen LogP contribution in [0.25, 0.3) is 0 Å². The van der Waals surface area contributed by atoms with Crippen LogP contribution in [-0.4, -0.2) is 6.04 Å². The Labute approximate surface area is 127 Å². The predicted octanol–water partition coefficient (Wildman–Crippen LogP) is 5.01. The molecule has 0 aliphatic heterocycles. The van der Waals surface area contributed by atoms with Gasteiger partial charge in [-0.05, 0) is 43.0 Å². The van der Waals surface area contributed by atoms with Gasteiger partial charge in [-0.1, -0.05) is 61.0 Å². The summed E-state index contributed by atoms with van der Waals surface area (Å²) in [5, 5.41) is 4.50. The molecule has 1 nitrogen and oxygen atoms in total. The fourth-order valence-electron chi connectivity index (χ4n) is 2.42. The van der Waals surface area contributed by atoms with Crippen LogP contribution >= 0.6 is 11.6 Å². The zero-order chi connectivity index (χ0) is 14.4. The number of halogens is 1. The van der Waals surface area contributed by atoms with E-state index in [2.05, 4.69) is 61.6 Å². The highest BCUT2D eigenvalue weighted by Gasteiger charge is 2.12. The van der Waals surface area contributed by atoms with Gasteiger partial charge < -0.3 is 5.32 Å². The maximum absolute atomic E-state index is 5.94. The van der Waals surface area contributed by atoms with Crippen LogP contribution in [0.5, 0.6) is 0 Å². The fraction of sp³-hybridized carbons (Fsp3) is 0.333. The second kappa shape index (κ2) is 7.47. The Morgan fingerprint density at radius 3 is 2.25 bits per heavy atom. The van der Waals surface area contributed by atoms with E-state index in [1.807, 2.05) is 12.1 Å². The normalized spacial score (nSPS) is 13.9. The number of hydrogen-bond donors (Lipinski definition) is 1. The Balaban J connectivity index is 1.97. The molecule has 2 heteroatoms. The molecule has 0 saturated heterocycles. The van der Waals surface area contributed by atoms with Crippen LogP contribution in [0.1, 0.15) is 37.4 Å². The summed E-state index contributed by atoms with van der Waals surface area (Å²) in [7, 11) is 0. The zero-order valence-electron chi connectivity index (χ0n) is 12.1.